The summed E-state index contributed by atoms with van der Waals surface area (Å²) in [5.41, 5.74) is 0.664. The highest BCUT2D eigenvalue weighted by molar-refractivity contribution is 5.92. The number of nitrogens with one attached hydrogen (secondary N) is 3. The molecule has 2 amide bonds. The van der Waals surface area contributed by atoms with Crippen LogP contribution in [0, 0.1) is 0 Å². The van der Waals surface area contributed by atoms with Crippen LogP contribution in [0.1, 0.15) is 0 Å². The van der Waals surface area contributed by atoms with E-state index >= 15 is 0 Å². The monoisotopic (exact) mass is 313 g/mol. The largest absolute Gasteiger partial charge is 0.457 e. The number of hydrogen-bond acceptors (Lipinski definition) is 4. The van der Waals surface area contributed by atoms with Gasteiger partial charge in [-0.1, -0.05) is 18.2 Å². The lowest BCUT2D eigenvalue weighted by Crippen LogP contribution is -2.36. The van der Waals surface area contributed by atoms with Crippen LogP contribution >= 0.6 is 0 Å². The minimum Gasteiger partial charge on any atom is -0.457 e. The first-order valence-corrected chi connectivity index (χ1v) is 7.21. The van der Waals surface area contributed by atoms with Crippen LogP contribution in [0.25, 0.3) is 0 Å². The third-order valence-corrected chi connectivity index (χ3v) is 2.97. The molecule has 120 valence electrons. The number of rotatable bonds is 7. The van der Waals surface area contributed by atoms with Crippen molar-refractivity contribution in [3.8, 4) is 11.5 Å². The summed E-state index contributed by atoms with van der Waals surface area (Å²) in [7, 11) is 1.54. The lowest BCUT2D eigenvalue weighted by molar-refractivity contribution is -0.119. The summed E-state index contributed by atoms with van der Waals surface area (Å²) in [6, 6.07) is 16.5. The maximum Gasteiger partial charge on any atom is 0.238 e. The number of ether oxygens (including phenoxy) is 1. The third-order valence-electron chi connectivity index (χ3n) is 2.97. The maximum atomic E-state index is 11.7. The Hall–Kier alpha value is -2.86. The summed E-state index contributed by atoms with van der Waals surface area (Å²) in [4.78, 5) is 22.7. The molecule has 0 saturated carbocycles. The number of benzene rings is 2. The van der Waals surface area contributed by atoms with E-state index in [0.717, 1.165) is 5.75 Å². The lowest BCUT2D eigenvalue weighted by Gasteiger charge is -2.08. The predicted octanol–water partition coefficient (Wildman–Crippen LogP) is 1.75. The number of anilines is 1. The van der Waals surface area contributed by atoms with Gasteiger partial charge in [0.05, 0.1) is 13.1 Å². The summed E-state index contributed by atoms with van der Waals surface area (Å²) in [6.07, 6.45) is 0. The molecule has 6 heteroatoms. The van der Waals surface area contributed by atoms with Gasteiger partial charge < -0.3 is 15.4 Å². The molecule has 6 nitrogen and oxygen atoms in total. The van der Waals surface area contributed by atoms with Gasteiger partial charge in [0, 0.05) is 12.7 Å². The van der Waals surface area contributed by atoms with Crippen LogP contribution in [-0.4, -0.2) is 32.0 Å². The van der Waals surface area contributed by atoms with Gasteiger partial charge in [-0.3, -0.25) is 14.9 Å². The molecular formula is C17H19N3O3. The van der Waals surface area contributed by atoms with Crippen molar-refractivity contribution < 1.29 is 14.3 Å². The van der Waals surface area contributed by atoms with E-state index in [1.54, 1.807) is 31.3 Å². The van der Waals surface area contributed by atoms with Crippen LogP contribution in [-0.2, 0) is 9.59 Å². The van der Waals surface area contributed by atoms with Crippen LogP contribution in [0.4, 0.5) is 5.69 Å². The molecule has 2 aromatic rings. The molecule has 0 heterocycles. The molecule has 0 aliphatic carbocycles. The molecule has 0 aliphatic heterocycles. The second-order valence-corrected chi connectivity index (χ2v) is 4.76. The number of amides is 2. The molecule has 0 aromatic heterocycles. The Kier molecular flexibility index (Phi) is 6.14. The normalized spacial score (nSPS) is 9.96. The van der Waals surface area contributed by atoms with E-state index in [1.165, 1.54) is 0 Å². The summed E-state index contributed by atoms with van der Waals surface area (Å²) >= 11 is 0. The topological polar surface area (TPSA) is 79.5 Å². The molecule has 0 aliphatic rings. The fraction of sp³-hybridized carbons (Fsp3) is 0.176. The zero-order valence-corrected chi connectivity index (χ0v) is 12.8. The number of likely N-dealkylation sites (N-methyl/N-ethyl adjacent to an activating group) is 1. The highest BCUT2D eigenvalue weighted by Gasteiger charge is 2.04. The Balaban J connectivity index is 1.80. The van der Waals surface area contributed by atoms with E-state index < -0.39 is 0 Å². The maximum absolute atomic E-state index is 11.7. The lowest BCUT2D eigenvalue weighted by atomic mass is 10.3. The van der Waals surface area contributed by atoms with E-state index in [2.05, 4.69) is 16.0 Å². The van der Waals surface area contributed by atoms with Gasteiger partial charge in [-0.05, 0) is 36.4 Å². The highest BCUT2D eigenvalue weighted by Crippen LogP contribution is 2.22. The molecule has 0 fully saturated rings. The number of hydrogen-bond donors (Lipinski definition) is 3. The average Bonchev–Trinajstić information content (AvgIpc) is 2.57. The Bertz CT molecular complexity index is 642. The Labute approximate surface area is 134 Å². The van der Waals surface area contributed by atoms with E-state index in [0.29, 0.717) is 11.4 Å². The summed E-state index contributed by atoms with van der Waals surface area (Å²) in [6.45, 7) is 0.170. The van der Waals surface area contributed by atoms with Crippen LogP contribution in [0.2, 0.25) is 0 Å². The minimum atomic E-state index is -0.217. The molecule has 0 spiro atoms. The fourth-order valence-corrected chi connectivity index (χ4v) is 1.81. The van der Waals surface area contributed by atoms with Crippen LogP contribution < -0.4 is 20.7 Å². The molecular weight excluding hydrogens is 294 g/mol. The molecule has 2 rings (SSSR count). The standard InChI is InChI=1S/C17H19N3O3/c1-18-16(21)11-19-12-17(22)20-13-7-9-15(10-8-13)23-14-5-3-2-4-6-14/h2-10,19H,11-12H2,1H3,(H,18,21)(H,20,22). The molecule has 0 radical (unpaired) electrons. The van der Waals surface area contributed by atoms with Gasteiger partial charge in [0.1, 0.15) is 11.5 Å². The zero-order chi connectivity index (χ0) is 16.5. The van der Waals surface area contributed by atoms with Gasteiger partial charge >= 0.3 is 0 Å². The van der Waals surface area contributed by atoms with Crippen molar-refractivity contribution in [2.45, 2.75) is 0 Å². The van der Waals surface area contributed by atoms with Crippen molar-refractivity contribution in [1.82, 2.24) is 10.6 Å². The van der Waals surface area contributed by atoms with Crippen LogP contribution in [0.5, 0.6) is 11.5 Å². The van der Waals surface area contributed by atoms with Crippen molar-refractivity contribution in [2.75, 3.05) is 25.5 Å². The second-order valence-electron chi connectivity index (χ2n) is 4.76. The SMILES string of the molecule is CNC(=O)CNCC(=O)Nc1ccc(Oc2ccccc2)cc1. The predicted molar refractivity (Wildman–Crippen MR) is 88.5 cm³/mol. The molecule has 0 unspecified atom stereocenters. The van der Waals surface area contributed by atoms with Crippen molar-refractivity contribution in [3.05, 3.63) is 54.6 Å². The second kappa shape index (κ2) is 8.55. The van der Waals surface area contributed by atoms with Gasteiger partial charge in [0.15, 0.2) is 0 Å². The molecule has 0 atom stereocenters. The van der Waals surface area contributed by atoms with E-state index in [9.17, 15) is 9.59 Å². The van der Waals surface area contributed by atoms with E-state index in [4.69, 9.17) is 4.74 Å². The van der Waals surface area contributed by atoms with Crippen molar-refractivity contribution in [2.24, 2.45) is 0 Å². The van der Waals surface area contributed by atoms with Crippen molar-refractivity contribution in [1.29, 1.82) is 0 Å². The van der Waals surface area contributed by atoms with Crippen molar-refractivity contribution in [3.63, 3.8) is 0 Å². The van der Waals surface area contributed by atoms with Gasteiger partial charge in [-0.25, -0.2) is 0 Å². The first-order chi connectivity index (χ1) is 11.2. The number of carbonyl (C=O) groups excluding carboxylic acids is 2. The van der Waals surface area contributed by atoms with Gasteiger partial charge in [0.25, 0.3) is 0 Å². The van der Waals surface area contributed by atoms with E-state index in [-0.39, 0.29) is 24.9 Å². The minimum absolute atomic E-state index is 0.0652. The fourth-order valence-electron chi connectivity index (χ4n) is 1.81. The number of carbonyl (C=O) groups is 2. The Morgan fingerprint density at radius 1 is 0.870 bits per heavy atom. The summed E-state index contributed by atoms with van der Waals surface area (Å²) in [5, 5.41) is 7.95. The first kappa shape index (κ1) is 16.5. The molecule has 2 aromatic carbocycles. The summed E-state index contributed by atoms with van der Waals surface area (Å²) in [5.74, 6) is 1.06. The zero-order valence-electron chi connectivity index (χ0n) is 12.8. The quantitative estimate of drug-likeness (QED) is 0.727. The Morgan fingerprint density at radius 2 is 1.48 bits per heavy atom. The molecule has 0 bridgehead atoms. The van der Waals surface area contributed by atoms with E-state index in [1.807, 2.05) is 30.3 Å². The van der Waals surface area contributed by atoms with Crippen molar-refractivity contribution >= 4 is 17.5 Å². The van der Waals surface area contributed by atoms with Gasteiger partial charge in [-0.2, -0.15) is 0 Å². The molecule has 3 N–H and O–H groups in total. The average molecular weight is 313 g/mol. The smallest absolute Gasteiger partial charge is 0.238 e. The highest BCUT2D eigenvalue weighted by atomic mass is 16.5. The third kappa shape index (κ3) is 5.80. The van der Waals surface area contributed by atoms with Crippen LogP contribution in [0.3, 0.4) is 0 Å². The molecule has 23 heavy (non-hydrogen) atoms. The number of para-hydroxylation sites is 1. The molecule has 0 saturated heterocycles. The van der Waals surface area contributed by atoms with Gasteiger partial charge in [-0.15, -0.1) is 0 Å². The first-order valence-electron chi connectivity index (χ1n) is 7.21. The summed E-state index contributed by atoms with van der Waals surface area (Å²) < 4.78 is 5.67. The van der Waals surface area contributed by atoms with Crippen LogP contribution in [0.15, 0.2) is 54.6 Å². The Morgan fingerprint density at radius 3 is 2.13 bits per heavy atom. The van der Waals surface area contributed by atoms with Gasteiger partial charge in [0.2, 0.25) is 11.8 Å².